The lowest BCUT2D eigenvalue weighted by molar-refractivity contribution is 0.584. The number of fused-ring (bicyclic) bond motifs is 3. The van der Waals surface area contributed by atoms with Crippen LogP contribution in [0.5, 0.6) is 0 Å². The molecule has 0 unspecified atom stereocenters. The third-order valence-corrected chi connectivity index (χ3v) is 8.98. The second-order valence-corrected chi connectivity index (χ2v) is 12.3. The second-order valence-electron chi connectivity index (χ2n) is 10.5. The van der Waals surface area contributed by atoms with Crippen LogP contribution in [-0.4, -0.2) is 25.1 Å². The van der Waals surface area contributed by atoms with Crippen molar-refractivity contribution >= 4 is 64.6 Å². The lowest BCUT2D eigenvalue weighted by Crippen LogP contribution is -2.02. The minimum absolute atomic E-state index is 0.0164. The average molecular weight is 677 g/mol. The van der Waals surface area contributed by atoms with Crippen molar-refractivity contribution in [3.05, 3.63) is 129 Å². The number of aromatic amines is 3. The maximum absolute atomic E-state index is 6.23. The first-order valence-corrected chi connectivity index (χ1v) is 15.2. The summed E-state index contributed by atoms with van der Waals surface area (Å²) in [6.45, 7) is 2.03. The normalized spacial score (nSPS) is 11.9. The summed E-state index contributed by atoms with van der Waals surface area (Å²) in [5.74, 6) is 0.984. The van der Waals surface area contributed by atoms with Crippen LogP contribution in [0.3, 0.4) is 0 Å². The Bertz CT molecular complexity index is 2170. The molecule has 4 aromatic heterocycles. The van der Waals surface area contributed by atoms with Crippen molar-refractivity contribution in [2.45, 2.75) is 12.8 Å². The van der Waals surface area contributed by atoms with E-state index in [2.05, 4.69) is 142 Å². The number of aryl methyl sites for hydroxylation is 1. The Morgan fingerprint density at radius 1 is 0.667 bits per heavy atom. The monoisotopic (exact) mass is 675 g/mol. The molecule has 42 heavy (non-hydrogen) atoms. The summed E-state index contributed by atoms with van der Waals surface area (Å²) in [5, 5.41) is 12.3. The molecule has 0 fully saturated rings. The number of rotatable bonds is 5. The van der Waals surface area contributed by atoms with Crippen molar-refractivity contribution in [3.63, 3.8) is 0 Å². The molecule has 4 heterocycles. The van der Waals surface area contributed by atoms with Gasteiger partial charge in [-0.2, -0.15) is 0 Å². The molecule has 0 aliphatic heterocycles. The van der Waals surface area contributed by atoms with Gasteiger partial charge in [0.15, 0.2) is 0 Å². The first-order chi connectivity index (χ1) is 20.5. The number of nitrogens with one attached hydrogen (secondary N) is 3. The van der Waals surface area contributed by atoms with Gasteiger partial charge in [-0.25, -0.2) is 0 Å². The molecule has 0 aliphatic rings. The fraction of sp³-hybridized carbons (Fsp3) is 0.0588. The van der Waals surface area contributed by atoms with Crippen molar-refractivity contribution in [3.8, 4) is 22.9 Å². The summed E-state index contributed by atoms with van der Waals surface area (Å²) in [6.07, 6.45) is 4.25. The van der Waals surface area contributed by atoms with E-state index >= 15 is 0 Å². The molecule has 0 saturated carbocycles. The zero-order chi connectivity index (χ0) is 28.4. The van der Waals surface area contributed by atoms with Gasteiger partial charge in [-0.05, 0) is 78.2 Å². The number of nitrogens with zero attached hydrogens (tertiary/aromatic N) is 2. The number of aromatic nitrogens is 5. The quantitative estimate of drug-likeness (QED) is 0.170. The highest BCUT2D eigenvalue weighted by atomic mass is 79.9. The number of hydrogen-bond acceptors (Lipinski definition) is 3. The molecule has 0 radical (unpaired) electrons. The largest absolute Gasteiger partial charge is 0.416 e. The number of hydrogen-bond donors (Lipinski definition) is 3. The Hall–Kier alpha value is -4.40. The van der Waals surface area contributed by atoms with E-state index in [0.717, 1.165) is 53.3 Å². The van der Waals surface area contributed by atoms with Gasteiger partial charge in [-0.3, -0.25) is 0 Å². The molecule has 0 saturated heterocycles. The van der Waals surface area contributed by atoms with Gasteiger partial charge in [0.05, 0.1) is 5.56 Å². The van der Waals surface area contributed by atoms with E-state index in [1.807, 2.05) is 19.1 Å². The molecule has 4 aromatic carbocycles. The summed E-state index contributed by atoms with van der Waals surface area (Å²) < 4.78 is 8.32. The molecular formula is C34H23Br2N5O. The summed E-state index contributed by atoms with van der Waals surface area (Å²) in [6, 6.07) is 29.3. The van der Waals surface area contributed by atoms with Crippen molar-refractivity contribution in [1.29, 1.82) is 0 Å². The summed E-state index contributed by atoms with van der Waals surface area (Å²) in [5.41, 5.74) is 9.63. The Morgan fingerprint density at radius 3 is 1.95 bits per heavy atom. The van der Waals surface area contributed by atoms with Crippen LogP contribution < -0.4 is 0 Å². The zero-order valence-corrected chi connectivity index (χ0v) is 25.5. The van der Waals surface area contributed by atoms with Crippen molar-refractivity contribution in [2.75, 3.05) is 0 Å². The molecule has 0 bridgehead atoms. The molecule has 6 nitrogen and oxygen atoms in total. The van der Waals surface area contributed by atoms with E-state index in [1.165, 1.54) is 21.9 Å². The maximum Gasteiger partial charge on any atom is 0.250 e. The topological polar surface area (TPSA) is 86.3 Å². The van der Waals surface area contributed by atoms with E-state index in [0.29, 0.717) is 11.8 Å². The van der Waals surface area contributed by atoms with Crippen LogP contribution in [0, 0.1) is 6.92 Å². The second kappa shape index (κ2) is 9.86. The van der Waals surface area contributed by atoms with Crippen LogP contribution >= 0.6 is 31.9 Å². The minimum atomic E-state index is -0.0164. The lowest BCUT2D eigenvalue weighted by atomic mass is 9.84. The smallest absolute Gasteiger partial charge is 0.250 e. The van der Waals surface area contributed by atoms with E-state index in [9.17, 15) is 0 Å². The Morgan fingerprint density at radius 2 is 1.29 bits per heavy atom. The highest BCUT2D eigenvalue weighted by Crippen LogP contribution is 2.41. The van der Waals surface area contributed by atoms with Crippen LogP contribution in [0.1, 0.15) is 28.3 Å². The van der Waals surface area contributed by atoms with Crippen molar-refractivity contribution < 1.29 is 4.42 Å². The molecule has 8 heteroatoms. The predicted octanol–water partition coefficient (Wildman–Crippen LogP) is 9.86. The van der Waals surface area contributed by atoms with Gasteiger partial charge in [0.1, 0.15) is 0 Å². The van der Waals surface area contributed by atoms with Gasteiger partial charge < -0.3 is 19.4 Å². The Labute approximate surface area is 257 Å². The fourth-order valence-corrected chi connectivity index (χ4v) is 6.77. The first kappa shape index (κ1) is 25.3. The number of para-hydroxylation sites is 1. The zero-order valence-electron chi connectivity index (χ0n) is 22.4. The Balaban J connectivity index is 1.23. The van der Waals surface area contributed by atoms with Crippen LogP contribution in [0.4, 0.5) is 0 Å². The number of benzene rings is 4. The predicted molar refractivity (Wildman–Crippen MR) is 175 cm³/mol. The van der Waals surface area contributed by atoms with Gasteiger partial charge in [-0.15, -0.1) is 10.2 Å². The molecule has 0 amide bonds. The molecule has 8 rings (SSSR count). The third kappa shape index (κ3) is 4.13. The van der Waals surface area contributed by atoms with Crippen molar-refractivity contribution in [1.82, 2.24) is 25.1 Å². The molecule has 0 spiro atoms. The minimum Gasteiger partial charge on any atom is -0.416 e. The van der Waals surface area contributed by atoms with Gasteiger partial charge >= 0.3 is 0 Å². The van der Waals surface area contributed by atoms with Gasteiger partial charge in [-0.1, -0.05) is 62.2 Å². The van der Waals surface area contributed by atoms with Crippen LogP contribution in [0.15, 0.2) is 111 Å². The molecule has 0 atom stereocenters. The lowest BCUT2D eigenvalue weighted by Gasteiger charge is -2.18. The maximum atomic E-state index is 6.23. The average Bonchev–Trinajstić information content (AvgIpc) is 3.79. The SMILES string of the molecule is Cc1[nH]c2ccccc2c1-c1nnc(-c2ccc(C(c3c[nH]c4ccc(Br)cc34)c3c[nH]c4ccc(Br)cc34)cc2)o1. The molecular weight excluding hydrogens is 654 g/mol. The summed E-state index contributed by atoms with van der Waals surface area (Å²) in [7, 11) is 0. The fourth-order valence-electron chi connectivity index (χ4n) is 6.04. The third-order valence-electron chi connectivity index (χ3n) is 8.00. The first-order valence-electron chi connectivity index (χ1n) is 13.6. The summed E-state index contributed by atoms with van der Waals surface area (Å²) >= 11 is 7.34. The molecule has 3 N–H and O–H groups in total. The van der Waals surface area contributed by atoms with E-state index < -0.39 is 0 Å². The van der Waals surface area contributed by atoms with Crippen molar-refractivity contribution in [2.24, 2.45) is 0 Å². The highest BCUT2D eigenvalue weighted by molar-refractivity contribution is 9.10. The summed E-state index contributed by atoms with van der Waals surface area (Å²) in [4.78, 5) is 10.4. The molecule has 204 valence electrons. The Kier molecular flexibility index (Phi) is 5.94. The van der Waals surface area contributed by atoms with Crippen LogP contribution in [0.2, 0.25) is 0 Å². The molecule has 8 aromatic rings. The highest BCUT2D eigenvalue weighted by Gasteiger charge is 2.24. The van der Waals surface area contributed by atoms with E-state index in [4.69, 9.17) is 4.42 Å². The van der Waals surface area contributed by atoms with E-state index in [-0.39, 0.29) is 5.92 Å². The number of H-pyrrole nitrogens is 3. The van der Waals surface area contributed by atoms with Crippen LogP contribution in [0.25, 0.3) is 55.6 Å². The van der Waals surface area contributed by atoms with E-state index in [1.54, 1.807) is 0 Å². The van der Waals surface area contributed by atoms with Crippen LogP contribution in [-0.2, 0) is 0 Å². The van der Waals surface area contributed by atoms with Gasteiger partial charge in [0.2, 0.25) is 5.89 Å². The van der Waals surface area contributed by atoms with Gasteiger partial charge in [0, 0.05) is 71.2 Å². The number of halogens is 2. The molecule has 0 aliphatic carbocycles. The standard InChI is InChI=1S/C34H23Br2N5O/c1-18-31(23-4-2-3-5-30(23)39-18)34-41-40-33(42-34)20-8-6-19(7-9-20)32(26-16-37-28-12-10-21(35)14-24(26)28)27-17-38-29-13-11-22(36)15-25(27)29/h2-17,32,37-39H,1H3. The van der Waals surface area contributed by atoms with Gasteiger partial charge in [0.25, 0.3) is 5.89 Å².